The summed E-state index contributed by atoms with van der Waals surface area (Å²) in [4.78, 5) is 19.6. The van der Waals surface area contributed by atoms with E-state index < -0.39 is 0 Å². The van der Waals surface area contributed by atoms with E-state index in [0.29, 0.717) is 43.5 Å². The Morgan fingerprint density at radius 3 is 2.53 bits per heavy atom. The zero-order chi connectivity index (χ0) is 23.8. The maximum atomic E-state index is 13.3. The van der Waals surface area contributed by atoms with Crippen LogP contribution in [0.1, 0.15) is 10.4 Å². The van der Waals surface area contributed by atoms with E-state index in [1.165, 1.54) is 12.1 Å². The van der Waals surface area contributed by atoms with Gasteiger partial charge in [-0.3, -0.25) is 9.69 Å². The molecule has 2 fully saturated rings. The number of halogens is 1. The third kappa shape index (κ3) is 6.96. The Labute approximate surface area is 205 Å². The summed E-state index contributed by atoms with van der Waals surface area (Å²) in [6.07, 6.45) is -0.168. The Kier molecular flexibility index (Phi) is 8.81. The molecule has 0 unspecified atom stereocenters. The lowest BCUT2D eigenvalue weighted by Gasteiger charge is -2.37. The molecule has 0 radical (unpaired) electrons. The van der Waals surface area contributed by atoms with Gasteiger partial charge in [-0.2, -0.15) is 0 Å². The van der Waals surface area contributed by atoms with Gasteiger partial charge in [0.2, 0.25) is 0 Å². The van der Waals surface area contributed by atoms with Crippen LogP contribution in [0.2, 0.25) is 0 Å². The average molecular weight is 487 g/mol. The number of carbonyl (C=O) groups is 1. The first-order valence-corrected chi connectivity index (χ1v) is 12.1. The Balaban J connectivity index is 1.38. The molecule has 1 N–H and O–H groups in total. The molecular weight excluding hydrogens is 455 g/mol. The molecule has 1 atom stereocenters. The number of carbonyl (C=O) groups excluding carboxylic acids is 1. The van der Waals surface area contributed by atoms with Gasteiger partial charge in [0.05, 0.1) is 25.9 Å². The van der Waals surface area contributed by atoms with Gasteiger partial charge < -0.3 is 24.6 Å². The summed E-state index contributed by atoms with van der Waals surface area (Å²) in [7, 11) is 0. The van der Waals surface area contributed by atoms with Crippen molar-refractivity contribution in [2.45, 2.75) is 6.10 Å². The molecule has 0 bridgehead atoms. The van der Waals surface area contributed by atoms with Crippen molar-refractivity contribution in [3.05, 3.63) is 66.0 Å². The summed E-state index contributed by atoms with van der Waals surface area (Å²) in [6, 6.07) is 15.5. The van der Waals surface area contributed by atoms with Crippen molar-refractivity contribution in [1.82, 2.24) is 14.7 Å². The molecule has 0 aromatic heterocycles. The summed E-state index contributed by atoms with van der Waals surface area (Å²) >= 11 is 5.59. The fourth-order valence-corrected chi connectivity index (χ4v) is 4.41. The molecule has 0 aliphatic carbocycles. The van der Waals surface area contributed by atoms with Gasteiger partial charge in [-0.1, -0.05) is 18.2 Å². The highest BCUT2D eigenvalue weighted by Gasteiger charge is 2.27. The number of nitrogens with zero attached hydrogens (tertiary/aromatic N) is 3. The number of hydrogen-bond acceptors (Lipinski definition) is 5. The fraction of sp³-hybridized carbons (Fsp3) is 0.440. The normalized spacial score (nSPS) is 19.0. The molecule has 0 spiro atoms. The minimum atomic E-state index is -0.289. The van der Waals surface area contributed by atoms with Crippen molar-refractivity contribution in [1.29, 1.82) is 0 Å². The van der Waals surface area contributed by atoms with Gasteiger partial charge in [0.1, 0.15) is 5.82 Å². The Bertz CT molecular complexity index is 941. The Hall–Kier alpha value is -2.59. The lowest BCUT2D eigenvalue weighted by Crippen LogP contribution is -2.52. The van der Waals surface area contributed by atoms with Crippen LogP contribution in [0.4, 0.5) is 10.1 Å². The van der Waals surface area contributed by atoms with Gasteiger partial charge in [-0.25, -0.2) is 4.39 Å². The predicted molar refractivity (Wildman–Crippen MR) is 134 cm³/mol. The van der Waals surface area contributed by atoms with E-state index in [4.69, 9.17) is 21.7 Å². The molecule has 2 saturated heterocycles. The van der Waals surface area contributed by atoms with Crippen molar-refractivity contribution in [2.24, 2.45) is 0 Å². The molecule has 2 heterocycles. The number of nitrogens with one attached hydrogen (secondary N) is 1. The number of anilines is 1. The highest BCUT2D eigenvalue weighted by Crippen LogP contribution is 2.14. The summed E-state index contributed by atoms with van der Waals surface area (Å²) in [5, 5.41) is 3.73. The zero-order valence-corrected chi connectivity index (χ0v) is 20.0. The lowest BCUT2D eigenvalue weighted by atomic mass is 10.1. The van der Waals surface area contributed by atoms with E-state index in [1.54, 1.807) is 12.1 Å². The number of hydrogen-bond donors (Lipinski definition) is 1. The molecule has 9 heteroatoms. The molecule has 2 aliphatic rings. The highest BCUT2D eigenvalue weighted by molar-refractivity contribution is 7.80. The van der Waals surface area contributed by atoms with Crippen molar-refractivity contribution in [2.75, 3.05) is 71.0 Å². The largest absolute Gasteiger partial charge is 0.379 e. The number of rotatable bonds is 7. The first-order valence-electron chi connectivity index (χ1n) is 11.7. The van der Waals surface area contributed by atoms with Crippen LogP contribution in [-0.2, 0) is 9.47 Å². The molecule has 2 aliphatic heterocycles. The van der Waals surface area contributed by atoms with Gasteiger partial charge in [-0.05, 0) is 48.6 Å². The summed E-state index contributed by atoms with van der Waals surface area (Å²) in [5.74, 6) is -0.287. The van der Waals surface area contributed by atoms with E-state index in [2.05, 4.69) is 10.2 Å². The van der Waals surface area contributed by atoms with Crippen LogP contribution in [0.5, 0.6) is 0 Å². The monoisotopic (exact) mass is 486 g/mol. The number of thiocarbonyl (C=S) groups is 1. The topological polar surface area (TPSA) is 57.3 Å². The van der Waals surface area contributed by atoms with Crippen molar-refractivity contribution < 1.29 is 18.7 Å². The second-order valence-electron chi connectivity index (χ2n) is 8.45. The molecule has 1 amide bonds. The van der Waals surface area contributed by atoms with Crippen LogP contribution in [0.25, 0.3) is 0 Å². The quantitative estimate of drug-likeness (QED) is 0.604. The molecule has 182 valence electrons. The highest BCUT2D eigenvalue weighted by atomic mass is 32.1. The summed E-state index contributed by atoms with van der Waals surface area (Å²) in [6.45, 7) is 6.86. The summed E-state index contributed by atoms with van der Waals surface area (Å²) in [5.41, 5.74) is 1.41. The smallest absolute Gasteiger partial charge is 0.253 e. The molecule has 34 heavy (non-hydrogen) atoms. The number of morpholine rings is 2. The van der Waals surface area contributed by atoms with Gasteiger partial charge >= 0.3 is 0 Å². The van der Waals surface area contributed by atoms with Gasteiger partial charge in [-0.15, -0.1) is 0 Å². The molecule has 2 aromatic carbocycles. The van der Waals surface area contributed by atoms with E-state index >= 15 is 0 Å². The number of ether oxygens (including phenoxy) is 2. The van der Waals surface area contributed by atoms with Gasteiger partial charge in [0, 0.05) is 57.1 Å². The van der Waals surface area contributed by atoms with Crippen molar-refractivity contribution >= 4 is 28.9 Å². The fourth-order valence-electron chi connectivity index (χ4n) is 4.12. The molecular formula is C25H31FN4O3S. The molecule has 0 saturated carbocycles. The Morgan fingerprint density at radius 2 is 1.79 bits per heavy atom. The molecule has 4 rings (SSSR count). The number of amides is 1. The van der Waals surface area contributed by atoms with Crippen LogP contribution < -0.4 is 5.32 Å². The summed E-state index contributed by atoms with van der Waals surface area (Å²) < 4.78 is 24.7. The first-order chi connectivity index (χ1) is 16.6. The minimum Gasteiger partial charge on any atom is -0.379 e. The SMILES string of the molecule is O=C(c1ccccc1)N(CCN1CCOCC1)C[C@@H]1CN(C(=S)Nc2ccc(F)cc2)CCO1. The maximum Gasteiger partial charge on any atom is 0.253 e. The van der Waals surface area contributed by atoms with Crippen LogP contribution in [-0.4, -0.2) is 97.5 Å². The van der Waals surface area contributed by atoms with E-state index in [1.807, 2.05) is 40.1 Å². The van der Waals surface area contributed by atoms with Crippen LogP contribution in [0, 0.1) is 5.82 Å². The Morgan fingerprint density at radius 1 is 1.06 bits per heavy atom. The zero-order valence-electron chi connectivity index (χ0n) is 19.2. The second-order valence-corrected chi connectivity index (χ2v) is 8.83. The van der Waals surface area contributed by atoms with Crippen LogP contribution in [0.15, 0.2) is 54.6 Å². The van der Waals surface area contributed by atoms with Crippen molar-refractivity contribution in [3.63, 3.8) is 0 Å². The van der Waals surface area contributed by atoms with Gasteiger partial charge in [0.15, 0.2) is 5.11 Å². The van der Waals surface area contributed by atoms with Gasteiger partial charge in [0.25, 0.3) is 5.91 Å². The van der Waals surface area contributed by atoms with Crippen molar-refractivity contribution in [3.8, 4) is 0 Å². The lowest BCUT2D eigenvalue weighted by molar-refractivity contribution is -0.0228. The number of benzene rings is 2. The average Bonchev–Trinajstić information content (AvgIpc) is 2.88. The minimum absolute atomic E-state index is 0.00148. The molecule has 2 aromatic rings. The second kappa shape index (κ2) is 12.2. The third-order valence-corrected chi connectivity index (χ3v) is 6.40. The van der Waals surface area contributed by atoms with Crippen LogP contribution >= 0.6 is 12.2 Å². The predicted octanol–water partition coefficient (Wildman–Crippen LogP) is 2.70. The molecule has 7 nitrogen and oxygen atoms in total. The van der Waals surface area contributed by atoms with E-state index in [0.717, 1.165) is 38.5 Å². The standard InChI is InChI=1S/C25H31FN4O3S/c26-21-6-8-22(9-7-21)27-25(34)30-14-17-33-23(19-30)18-29(11-10-28-12-15-32-16-13-28)24(31)20-4-2-1-3-5-20/h1-9,23H,10-19H2,(H,27,34)/t23-/m1/s1. The van der Waals surface area contributed by atoms with E-state index in [-0.39, 0.29) is 17.8 Å². The maximum absolute atomic E-state index is 13.3. The first kappa shape index (κ1) is 24.5. The van der Waals surface area contributed by atoms with E-state index in [9.17, 15) is 9.18 Å². The van der Waals surface area contributed by atoms with Crippen LogP contribution in [0.3, 0.4) is 0 Å². The third-order valence-electron chi connectivity index (χ3n) is 6.04.